The van der Waals surface area contributed by atoms with Crippen molar-refractivity contribution in [3.8, 4) is 5.75 Å². The predicted molar refractivity (Wildman–Crippen MR) is 152 cm³/mol. The summed E-state index contributed by atoms with van der Waals surface area (Å²) in [4.78, 5) is 24.6. The number of carbonyl (C=O) groups excluding carboxylic acids is 2. The monoisotopic (exact) mass is 506 g/mol. The van der Waals surface area contributed by atoms with Gasteiger partial charge in [0, 0.05) is 19.3 Å². The van der Waals surface area contributed by atoms with E-state index in [-0.39, 0.29) is 28.8 Å². The fraction of sp³-hybridized carbons (Fsp3) is 0.515. The second-order valence-corrected chi connectivity index (χ2v) is 10.8. The number of rotatable bonds is 13. The first-order chi connectivity index (χ1) is 17.8. The van der Waals surface area contributed by atoms with Crippen molar-refractivity contribution >= 4 is 11.6 Å². The largest absolute Gasteiger partial charge is 0.489 e. The van der Waals surface area contributed by atoms with Gasteiger partial charge in [0.25, 0.3) is 0 Å². The normalized spacial score (nSPS) is 17.6. The van der Waals surface area contributed by atoms with Gasteiger partial charge < -0.3 is 9.84 Å². The topological polar surface area (TPSA) is 63.6 Å². The van der Waals surface area contributed by atoms with Crippen LogP contribution >= 0.6 is 0 Å². The molecule has 0 saturated heterocycles. The lowest BCUT2D eigenvalue weighted by molar-refractivity contribution is -0.126. The highest BCUT2D eigenvalue weighted by Crippen LogP contribution is 2.44. The third-order valence-electron chi connectivity index (χ3n) is 7.56. The first kappa shape index (κ1) is 30.5. The molecule has 1 aliphatic carbocycles. The smallest absolute Gasteiger partial charge is 0.158 e. The first-order valence-corrected chi connectivity index (χ1v) is 13.8. The van der Waals surface area contributed by atoms with Gasteiger partial charge in [-0.2, -0.15) is 0 Å². The lowest BCUT2D eigenvalue weighted by Crippen LogP contribution is -2.27. The maximum absolute atomic E-state index is 12.5. The SMILES string of the molecule is C=C.CCCCCCC(C)(C)c1ccc([C@@H]2CC(=O)CC[C@H]2CC(=O)CO)c(OCc2ccccc2)c1. The summed E-state index contributed by atoms with van der Waals surface area (Å²) in [5.74, 6) is 0.857. The lowest BCUT2D eigenvalue weighted by atomic mass is 9.71. The predicted octanol–water partition coefficient (Wildman–Crippen LogP) is 7.72. The highest BCUT2D eigenvalue weighted by molar-refractivity contribution is 5.82. The van der Waals surface area contributed by atoms with Crippen molar-refractivity contribution in [3.05, 3.63) is 78.4 Å². The molecule has 0 aromatic heterocycles. The van der Waals surface area contributed by atoms with E-state index >= 15 is 0 Å². The molecule has 37 heavy (non-hydrogen) atoms. The van der Waals surface area contributed by atoms with Crippen molar-refractivity contribution in [3.63, 3.8) is 0 Å². The van der Waals surface area contributed by atoms with E-state index in [0.717, 1.165) is 23.3 Å². The minimum absolute atomic E-state index is 0.0196. The molecule has 4 heteroatoms. The van der Waals surface area contributed by atoms with Gasteiger partial charge in [-0.05, 0) is 52.8 Å². The van der Waals surface area contributed by atoms with Gasteiger partial charge in [0.05, 0.1) is 0 Å². The number of Topliss-reactive ketones (excluding diaryl/α,β-unsaturated/α-hetero) is 2. The third-order valence-corrected chi connectivity index (χ3v) is 7.56. The maximum atomic E-state index is 12.5. The summed E-state index contributed by atoms with van der Waals surface area (Å²) in [6, 6.07) is 16.6. The number of hydrogen-bond acceptors (Lipinski definition) is 4. The van der Waals surface area contributed by atoms with E-state index in [1.807, 2.05) is 30.3 Å². The Labute approximate surface area is 224 Å². The molecular weight excluding hydrogens is 460 g/mol. The molecule has 202 valence electrons. The lowest BCUT2D eigenvalue weighted by Gasteiger charge is -2.33. The average Bonchev–Trinajstić information content (AvgIpc) is 2.92. The molecule has 1 fully saturated rings. The summed E-state index contributed by atoms with van der Waals surface area (Å²) in [5.41, 5.74) is 3.36. The summed E-state index contributed by atoms with van der Waals surface area (Å²) in [6.07, 6.45) is 7.96. The van der Waals surface area contributed by atoms with Crippen LogP contribution < -0.4 is 4.74 Å². The highest BCUT2D eigenvalue weighted by atomic mass is 16.5. The van der Waals surface area contributed by atoms with Crippen LogP contribution in [0, 0.1) is 5.92 Å². The zero-order valence-electron chi connectivity index (χ0n) is 23.1. The van der Waals surface area contributed by atoms with E-state index in [1.165, 1.54) is 31.2 Å². The van der Waals surface area contributed by atoms with Crippen LogP contribution in [0.3, 0.4) is 0 Å². The van der Waals surface area contributed by atoms with Crippen molar-refractivity contribution in [2.75, 3.05) is 6.61 Å². The minimum Gasteiger partial charge on any atom is -0.489 e. The van der Waals surface area contributed by atoms with Crippen molar-refractivity contribution in [1.29, 1.82) is 0 Å². The molecule has 0 spiro atoms. The van der Waals surface area contributed by atoms with Gasteiger partial charge in [-0.3, -0.25) is 9.59 Å². The van der Waals surface area contributed by atoms with Crippen LogP contribution in [-0.4, -0.2) is 23.3 Å². The zero-order chi connectivity index (χ0) is 27.3. The van der Waals surface area contributed by atoms with Crippen molar-refractivity contribution in [1.82, 2.24) is 0 Å². The van der Waals surface area contributed by atoms with Crippen molar-refractivity contribution in [2.45, 2.75) is 96.5 Å². The van der Waals surface area contributed by atoms with Gasteiger partial charge in [0.2, 0.25) is 0 Å². The molecular formula is C33H46O4. The molecule has 2 aromatic rings. The van der Waals surface area contributed by atoms with Crippen molar-refractivity contribution in [2.24, 2.45) is 5.92 Å². The van der Waals surface area contributed by atoms with E-state index in [2.05, 4.69) is 52.1 Å². The highest BCUT2D eigenvalue weighted by Gasteiger charge is 2.34. The Hall–Kier alpha value is -2.72. The Morgan fingerprint density at radius 1 is 1.08 bits per heavy atom. The van der Waals surface area contributed by atoms with Crippen LogP contribution in [0.1, 0.15) is 101 Å². The van der Waals surface area contributed by atoms with Gasteiger partial charge in [-0.1, -0.05) is 88.9 Å². The molecule has 0 unspecified atom stereocenters. The van der Waals surface area contributed by atoms with Crippen LogP contribution in [0.15, 0.2) is 61.7 Å². The number of hydrogen-bond donors (Lipinski definition) is 1. The molecule has 1 aliphatic rings. The zero-order valence-corrected chi connectivity index (χ0v) is 23.1. The molecule has 4 nitrogen and oxygen atoms in total. The molecule has 2 aromatic carbocycles. The minimum atomic E-state index is -0.445. The maximum Gasteiger partial charge on any atom is 0.158 e. The number of benzene rings is 2. The third kappa shape index (κ3) is 9.27. The van der Waals surface area contributed by atoms with Crippen LogP contribution in [0.2, 0.25) is 0 Å². The quantitative estimate of drug-likeness (QED) is 0.223. The standard InChI is InChI=1S/C31H42O4.C2H4/c1-4-5-6-10-17-31(2,3)25-14-16-28(30(19-25)35-22-23-11-8-7-9-12-23)29-20-26(33)15-13-24(29)18-27(34)21-32;1-2/h7-9,11-12,14,16,19,24,29,32H,4-6,10,13,15,17-18,20-22H2,1-3H3;1-2H2/t24-,29+;/m0./s1. The number of unbranched alkanes of at least 4 members (excludes halogenated alkanes) is 3. The molecule has 0 bridgehead atoms. The van der Waals surface area contributed by atoms with E-state index in [4.69, 9.17) is 4.74 Å². The number of aliphatic hydroxyl groups excluding tert-OH is 1. The van der Waals surface area contributed by atoms with Crippen LogP contribution in [0.4, 0.5) is 0 Å². The first-order valence-electron chi connectivity index (χ1n) is 13.8. The Bertz CT molecular complexity index is 979. The molecule has 3 rings (SSSR count). The van der Waals surface area contributed by atoms with Crippen LogP contribution in [0.5, 0.6) is 5.75 Å². The second-order valence-electron chi connectivity index (χ2n) is 10.8. The summed E-state index contributed by atoms with van der Waals surface area (Å²) in [7, 11) is 0. The molecule has 0 radical (unpaired) electrons. The number of ketones is 2. The van der Waals surface area contributed by atoms with Gasteiger partial charge >= 0.3 is 0 Å². The fourth-order valence-electron chi connectivity index (χ4n) is 5.29. The van der Waals surface area contributed by atoms with Gasteiger partial charge in [0.15, 0.2) is 5.78 Å². The number of ether oxygens (including phenoxy) is 1. The Morgan fingerprint density at radius 3 is 2.49 bits per heavy atom. The summed E-state index contributed by atoms with van der Waals surface area (Å²) >= 11 is 0. The van der Waals surface area contributed by atoms with Gasteiger partial charge in [-0.25, -0.2) is 0 Å². The molecule has 0 amide bonds. The molecule has 1 N–H and O–H groups in total. The van der Waals surface area contributed by atoms with E-state index < -0.39 is 6.61 Å². The van der Waals surface area contributed by atoms with Crippen LogP contribution in [0.25, 0.3) is 0 Å². The molecule has 1 saturated carbocycles. The average molecular weight is 507 g/mol. The van der Waals surface area contributed by atoms with Gasteiger partial charge in [-0.15, -0.1) is 13.2 Å². The summed E-state index contributed by atoms with van der Waals surface area (Å²) in [6.45, 7) is 12.8. The fourth-order valence-corrected chi connectivity index (χ4v) is 5.29. The summed E-state index contributed by atoms with van der Waals surface area (Å²) < 4.78 is 6.42. The Balaban J connectivity index is 0.00000235. The van der Waals surface area contributed by atoms with Gasteiger partial charge in [0.1, 0.15) is 24.7 Å². The van der Waals surface area contributed by atoms with E-state index in [0.29, 0.717) is 32.3 Å². The second kappa shape index (κ2) is 15.5. The van der Waals surface area contributed by atoms with Crippen molar-refractivity contribution < 1.29 is 19.4 Å². The summed E-state index contributed by atoms with van der Waals surface area (Å²) in [5, 5.41) is 9.33. The number of carbonyl (C=O) groups is 2. The number of aliphatic hydroxyl groups is 1. The molecule has 0 heterocycles. The van der Waals surface area contributed by atoms with Crippen LogP contribution in [-0.2, 0) is 21.6 Å². The Kier molecular flexibility index (Phi) is 12.8. The molecule has 0 aliphatic heterocycles. The molecule has 2 atom stereocenters. The van der Waals surface area contributed by atoms with E-state index in [9.17, 15) is 14.7 Å². The Morgan fingerprint density at radius 2 is 1.81 bits per heavy atom. The van der Waals surface area contributed by atoms with E-state index in [1.54, 1.807) is 0 Å².